The van der Waals surface area contributed by atoms with Crippen LogP contribution in [-0.4, -0.2) is 83.7 Å². The van der Waals surface area contributed by atoms with Crippen molar-refractivity contribution in [1.29, 1.82) is 0 Å². The van der Waals surface area contributed by atoms with Crippen molar-refractivity contribution in [3.05, 3.63) is 92.5 Å². The number of aliphatic hydroxyl groups is 1. The van der Waals surface area contributed by atoms with Crippen LogP contribution in [0.25, 0.3) is 22.5 Å². The first-order valence-electron chi connectivity index (χ1n) is 16.7. The summed E-state index contributed by atoms with van der Waals surface area (Å²) in [6.07, 6.45) is 9.46. The Balaban J connectivity index is 1.09. The van der Waals surface area contributed by atoms with Gasteiger partial charge in [0, 0.05) is 67.5 Å². The molecule has 2 fully saturated rings. The van der Waals surface area contributed by atoms with Crippen molar-refractivity contribution >= 4 is 22.7 Å². The number of hydrogen-bond acceptors (Lipinski definition) is 10. The Morgan fingerprint density at radius 3 is 2.65 bits per heavy atom. The Morgan fingerprint density at radius 2 is 1.92 bits per heavy atom. The molecule has 0 amide bonds. The van der Waals surface area contributed by atoms with Crippen LogP contribution in [0.15, 0.2) is 58.8 Å². The molecule has 0 spiro atoms. The highest BCUT2D eigenvalue weighted by Crippen LogP contribution is 2.31. The number of fused-ring (bicyclic) bond motifs is 3. The highest BCUT2D eigenvalue weighted by molar-refractivity contribution is 5.73. The van der Waals surface area contributed by atoms with Crippen molar-refractivity contribution in [2.24, 2.45) is 7.05 Å². The molecule has 0 aromatic carbocycles. The summed E-state index contributed by atoms with van der Waals surface area (Å²) in [5.74, 6) is 0.0713. The molecule has 8 rings (SSSR count). The third-order valence-corrected chi connectivity index (χ3v) is 10.1. The summed E-state index contributed by atoms with van der Waals surface area (Å²) in [5.41, 5.74) is 3.08. The first kappa shape index (κ1) is 31.4. The average molecular weight is 668 g/mol. The van der Waals surface area contributed by atoms with Crippen molar-refractivity contribution in [3.63, 3.8) is 0 Å². The zero-order valence-corrected chi connectivity index (χ0v) is 27.5. The molecule has 49 heavy (non-hydrogen) atoms. The Kier molecular flexibility index (Phi) is 8.01. The minimum Gasteiger partial charge on any atom is -0.392 e. The van der Waals surface area contributed by atoms with Gasteiger partial charge in [-0.3, -0.25) is 18.9 Å². The summed E-state index contributed by atoms with van der Waals surface area (Å²) in [4.78, 5) is 40.8. The number of aliphatic hydroxyl groups excluding tert-OH is 1. The number of rotatable bonds is 7. The largest absolute Gasteiger partial charge is 0.392 e. The summed E-state index contributed by atoms with van der Waals surface area (Å²) in [5, 5.41) is 18.1. The lowest BCUT2D eigenvalue weighted by Crippen LogP contribution is -2.59. The minimum absolute atomic E-state index is 0.0782. The number of pyridine rings is 3. The van der Waals surface area contributed by atoms with Crippen molar-refractivity contribution in [3.8, 4) is 16.9 Å². The van der Waals surface area contributed by atoms with E-state index in [1.807, 2.05) is 18.3 Å². The zero-order valence-electron chi connectivity index (χ0n) is 27.5. The topological polar surface area (TPSA) is 135 Å². The number of ether oxygens (including phenoxy) is 1. The summed E-state index contributed by atoms with van der Waals surface area (Å²) in [7, 11) is 1.64. The van der Waals surface area contributed by atoms with E-state index in [4.69, 9.17) is 4.74 Å². The summed E-state index contributed by atoms with van der Waals surface area (Å²) < 4.78 is 24.9. The van der Waals surface area contributed by atoms with Crippen LogP contribution >= 0.6 is 0 Å². The number of hydrogen-bond donors (Lipinski definition) is 2. The molecule has 14 heteroatoms. The number of nitrogens with zero attached hydrogens (tertiary/aromatic N) is 8. The second kappa shape index (κ2) is 12.5. The molecule has 1 atom stereocenters. The van der Waals surface area contributed by atoms with Crippen LogP contribution in [0.1, 0.15) is 36.6 Å². The lowest BCUT2D eigenvalue weighted by Gasteiger charge is -2.46. The highest BCUT2D eigenvalue weighted by atomic mass is 19.1. The van der Waals surface area contributed by atoms with Crippen LogP contribution < -0.4 is 21.3 Å². The van der Waals surface area contributed by atoms with E-state index in [9.17, 15) is 14.7 Å². The van der Waals surface area contributed by atoms with Crippen LogP contribution in [-0.2, 0) is 31.2 Å². The Bertz CT molecular complexity index is 2170. The van der Waals surface area contributed by atoms with E-state index in [1.54, 1.807) is 29.8 Å². The molecule has 1 aliphatic carbocycles. The number of anilines is 3. The molecule has 0 unspecified atom stereocenters. The third kappa shape index (κ3) is 5.40. The number of aryl methyl sites for hydroxylation is 2. The molecule has 5 aromatic heterocycles. The number of piperazine rings is 1. The van der Waals surface area contributed by atoms with Crippen molar-refractivity contribution in [2.75, 3.05) is 43.1 Å². The highest BCUT2D eigenvalue weighted by Gasteiger charge is 2.32. The molecule has 0 bridgehead atoms. The van der Waals surface area contributed by atoms with Gasteiger partial charge in [0.25, 0.3) is 11.1 Å². The van der Waals surface area contributed by atoms with Gasteiger partial charge in [0.2, 0.25) is 0 Å². The third-order valence-electron chi connectivity index (χ3n) is 10.1. The molecule has 0 radical (unpaired) electrons. The van der Waals surface area contributed by atoms with Gasteiger partial charge >= 0.3 is 0 Å². The van der Waals surface area contributed by atoms with Crippen LogP contribution in [0.5, 0.6) is 0 Å². The van der Waals surface area contributed by atoms with Gasteiger partial charge in [-0.1, -0.05) is 0 Å². The second-order valence-electron chi connectivity index (χ2n) is 13.1. The van der Waals surface area contributed by atoms with Crippen molar-refractivity contribution in [1.82, 2.24) is 33.6 Å². The first-order valence-corrected chi connectivity index (χ1v) is 16.7. The van der Waals surface area contributed by atoms with Gasteiger partial charge < -0.3 is 24.6 Å². The fourth-order valence-corrected chi connectivity index (χ4v) is 7.45. The smallest absolute Gasteiger partial charge is 0.300 e. The normalized spacial score (nSPS) is 18.4. The summed E-state index contributed by atoms with van der Waals surface area (Å²) in [6.45, 7) is 6.19. The summed E-state index contributed by atoms with van der Waals surface area (Å²) in [6, 6.07) is 8.09. The minimum atomic E-state index is -0.657. The van der Waals surface area contributed by atoms with Gasteiger partial charge in [-0.05, 0) is 62.4 Å². The van der Waals surface area contributed by atoms with Crippen LogP contribution in [0, 0.1) is 5.82 Å². The van der Waals surface area contributed by atoms with E-state index in [2.05, 4.69) is 37.1 Å². The molecule has 2 aliphatic heterocycles. The average Bonchev–Trinajstić information content (AvgIpc) is 3.38. The molecule has 13 nitrogen and oxygen atoms in total. The predicted octanol–water partition coefficient (Wildman–Crippen LogP) is 2.80. The quantitative estimate of drug-likeness (QED) is 0.267. The molecule has 2 saturated heterocycles. The monoisotopic (exact) mass is 667 g/mol. The Labute approximate surface area is 281 Å². The Morgan fingerprint density at radius 1 is 1.08 bits per heavy atom. The SMILES string of the molecule is C[C@H]1CN(C2COC2)CCN1c1ccc(Nc2cc(-c3ccnc(-n4ncn5c6c(c(F)c5c4=O)CCCC6)c3CO)cn(C)c2=O)nc1. The number of aromatic nitrogens is 6. The fraction of sp³-hybridized carbons (Fsp3) is 0.400. The fourth-order valence-electron chi connectivity index (χ4n) is 7.45. The number of nitrogens with one attached hydrogen (secondary N) is 1. The molecular weight excluding hydrogens is 629 g/mol. The number of halogens is 1. The van der Waals surface area contributed by atoms with Gasteiger partial charge in [-0.2, -0.15) is 9.78 Å². The van der Waals surface area contributed by atoms with E-state index in [0.717, 1.165) is 61.8 Å². The van der Waals surface area contributed by atoms with Crippen molar-refractivity contribution < 1.29 is 14.2 Å². The standard InChI is InChI=1S/C35H38FN9O4/c1-21-15-42(24-18-49-19-24)11-12-43(21)23-7-8-30(38-14-23)40-28-13-22(16-41(2)34(28)47)25-9-10-37-33(27(25)17-46)45-35(48)32-31(36)26-5-3-4-6-29(26)44(32)20-39-45/h7-10,13-14,16,20-21,24,46H,3-6,11-12,15,17-19H2,1-2H3,(H,38,40)/t21-/m0/s1. The van der Waals surface area contributed by atoms with E-state index in [-0.39, 0.29) is 22.6 Å². The van der Waals surface area contributed by atoms with Crippen molar-refractivity contribution in [2.45, 2.75) is 51.3 Å². The maximum Gasteiger partial charge on any atom is 0.300 e. The van der Waals surface area contributed by atoms with Crippen LogP contribution in [0.3, 0.4) is 0 Å². The van der Waals surface area contributed by atoms with Crippen LogP contribution in [0.4, 0.5) is 21.6 Å². The van der Waals surface area contributed by atoms with E-state index in [0.29, 0.717) is 53.0 Å². The van der Waals surface area contributed by atoms with Gasteiger partial charge in [-0.25, -0.2) is 14.4 Å². The predicted molar refractivity (Wildman–Crippen MR) is 182 cm³/mol. The van der Waals surface area contributed by atoms with E-state index in [1.165, 1.54) is 17.1 Å². The molecule has 5 aromatic rings. The lowest BCUT2D eigenvalue weighted by molar-refractivity contribution is -0.0691. The molecule has 2 N–H and O–H groups in total. The lowest BCUT2D eigenvalue weighted by atomic mass is 9.98. The Hall–Kier alpha value is -4.92. The molecule has 0 saturated carbocycles. The maximum atomic E-state index is 15.5. The molecule has 254 valence electrons. The van der Waals surface area contributed by atoms with Gasteiger partial charge in [0.1, 0.15) is 17.8 Å². The molecule has 3 aliphatic rings. The molecular formula is C35H38FN9O4. The van der Waals surface area contributed by atoms with Gasteiger partial charge in [0.15, 0.2) is 17.2 Å². The van der Waals surface area contributed by atoms with Crippen LogP contribution in [0.2, 0.25) is 0 Å². The van der Waals surface area contributed by atoms with Gasteiger partial charge in [-0.15, -0.1) is 0 Å². The second-order valence-corrected chi connectivity index (χ2v) is 13.1. The van der Waals surface area contributed by atoms with Gasteiger partial charge in [0.05, 0.1) is 37.7 Å². The molecule has 7 heterocycles. The maximum absolute atomic E-state index is 15.5. The van der Waals surface area contributed by atoms with E-state index < -0.39 is 18.0 Å². The zero-order chi connectivity index (χ0) is 33.8. The van der Waals surface area contributed by atoms with E-state index >= 15 is 4.39 Å². The first-order chi connectivity index (χ1) is 23.8. The summed E-state index contributed by atoms with van der Waals surface area (Å²) >= 11 is 0.